The van der Waals surface area contributed by atoms with Gasteiger partial charge in [0.05, 0.1) is 29.6 Å². The number of fused-ring (bicyclic) bond motifs is 1. The van der Waals surface area contributed by atoms with E-state index in [0.717, 1.165) is 12.1 Å². The summed E-state index contributed by atoms with van der Waals surface area (Å²) in [4.78, 5) is 25.1. The van der Waals surface area contributed by atoms with Gasteiger partial charge in [0, 0.05) is 21.8 Å². The molecule has 2 amide bonds. The number of benzene rings is 2. The summed E-state index contributed by atoms with van der Waals surface area (Å²) in [6.07, 6.45) is -4.87. The highest BCUT2D eigenvalue weighted by Gasteiger charge is 2.34. The second kappa shape index (κ2) is 8.73. The van der Waals surface area contributed by atoms with Gasteiger partial charge in [-0.25, -0.2) is 8.78 Å². The van der Waals surface area contributed by atoms with E-state index in [1.807, 2.05) is 0 Å². The molecule has 4 rings (SSSR count). The van der Waals surface area contributed by atoms with E-state index in [1.54, 1.807) is 0 Å². The standard InChI is InChI=1S/C22H15ClF5N3O3/c23-16-2-1-12(24)6-15(16)19-20-17(7-14(9-32)31(20)8-18(33)30-19)29-21(34)10-3-11(22(26,27)28)5-13(25)4-10/h1-7,19,32H,8-9H2,(H,29,34)(H,30,33). The maximum absolute atomic E-state index is 13.9. The molecule has 6 nitrogen and oxygen atoms in total. The van der Waals surface area contributed by atoms with Crippen LogP contribution in [0.15, 0.2) is 42.5 Å². The lowest BCUT2D eigenvalue weighted by atomic mass is 10.0. The Morgan fingerprint density at radius 2 is 1.88 bits per heavy atom. The van der Waals surface area contributed by atoms with Crippen molar-refractivity contribution >= 4 is 29.1 Å². The van der Waals surface area contributed by atoms with Gasteiger partial charge in [-0.15, -0.1) is 0 Å². The van der Waals surface area contributed by atoms with Crippen molar-refractivity contribution in [3.63, 3.8) is 0 Å². The highest BCUT2D eigenvalue weighted by atomic mass is 35.5. The van der Waals surface area contributed by atoms with Gasteiger partial charge < -0.3 is 20.3 Å². The first-order valence-electron chi connectivity index (χ1n) is 9.74. The Balaban J connectivity index is 1.79. The minimum absolute atomic E-state index is 0.0113. The smallest absolute Gasteiger partial charge is 0.390 e. The average Bonchev–Trinajstić information content (AvgIpc) is 3.11. The van der Waals surface area contributed by atoms with Crippen LogP contribution in [0.5, 0.6) is 0 Å². The van der Waals surface area contributed by atoms with Gasteiger partial charge in [0.25, 0.3) is 5.91 Å². The number of aliphatic hydroxyl groups excluding tert-OH is 1. The van der Waals surface area contributed by atoms with Crippen molar-refractivity contribution in [2.45, 2.75) is 25.4 Å². The molecule has 0 fully saturated rings. The number of carbonyl (C=O) groups is 2. The molecule has 1 aliphatic heterocycles. The Labute approximate surface area is 193 Å². The number of aromatic nitrogens is 1. The number of hydrogen-bond donors (Lipinski definition) is 3. The summed E-state index contributed by atoms with van der Waals surface area (Å²) in [5, 5.41) is 14.9. The third-order valence-corrected chi connectivity index (χ3v) is 5.62. The van der Waals surface area contributed by atoms with E-state index in [1.165, 1.54) is 16.7 Å². The summed E-state index contributed by atoms with van der Waals surface area (Å²) >= 11 is 6.20. The maximum atomic E-state index is 13.9. The predicted molar refractivity (Wildman–Crippen MR) is 111 cm³/mol. The predicted octanol–water partition coefficient (Wildman–Crippen LogP) is 4.40. The van der Waals surface area contributed by atoms with Crippen molar-refractivity contribution < 1.29 is 36.6 Å². The molecular formula is C22H15ClF5N3O3. The van der Waals surface area contributed by atoms with Crippen LogP contribution in [0.25, 0.3) is 0 Å². The third-order valence-electron chi connectivity index (χ3n) is 5.27. The van der Waals surface area contributed by atoms with E-state index < -0.39 is 53.4 Å². The Morgan fingerprint density at radius 1 is 1.15 bits per heavy atom. The third kappa shape index (κ3) is 4.48. The molecule has 1 unspecified atom stereocenters. The van der Waals surface area contributed by atoms with Crippen LogP contribution in [0, 0.1) is 11.6 Å². The zero-order valence-electron chi connectivity index (χ0n) is 17.0. The van der Waals surface area contributed by atoms with Crippen LogP contribution < -0.4 is 10.6 Å². The van der Waals surface area contributed by atoms with Crippen molar-refractivity contribution in [3.8, 4) is 0 Å². The number of amides is 2. The number of nitrogens with one attached hydrogen (secondary N) is 2. The molecule has 1 aliphatic rings. The summed E-state index contributed by atoms with van der Waals surface area (Å²) < 4.78 is 68.2. The molecule has 0 radical (unpaired) electrons. The largest absolute Gasteiger partial charge is 0.416 e. The second-order valence-electron chi connectivity index (χ2n) is 7.53. The lowest BCUT2D eigenvalue weighted by Crippen LogP contribution is -2.40. The fraction of sp³-hybridized carbons (Fsp3) is 0.182. The number of alkyl halides is 3. The van der Waals surface area contributed by atoms with Crippen molar-refractivity contribution in [1.82, 2.24) is 9.88 Å². The molecule has 12 heteroatoms. The number of anilines is 1. The summed E-state index contributed by atoms with van der Waals surface area (Å²) in [6.45, 7) is -0.791. The topological polar surface area (TPSA) is 83.4 Å². The molecule has 2 aromatic carbocycles. The normalized spacial score (nSPS) is 15.6. The maximum Gasteiger partial charge on any atom is 0.416 e. The summed E-state index contributed by atoms with van der Waals surface area (Å²) in [5.41, 5.74) is -1.37. The quantitative estimate of drug-likeness (QED) is 0.465. The lowest BCUT2D eigenvalue weighted by molar-refractivity contribution is -0.137. The SMILES string of the molecule is O=C1Cn2c(CO)cc(NC(=O)c3cc(F)cc(C(F)(F)F)c3)c2C(c2cc(F)ccc2Cl)N1. The Kier molecular flexibility index (Phi) is 6.09. The van der Waals surface area contributed by atoms with E-state index in [4.69, 9.17) is 11.6 Å². The minimum atomic E-state index is -4.87. The molecular weight excluding hydrogens is 485 g/mol. The first-order chi connectivity index (χ1) is 16.0. The van der Waals surface area contributed by atoms with Gasteiger partial charge in [-0.2, -0.15) is 13.2 Å². The first-order valence-corrected chi connectivity index (χ1v) is 10.1. The number of hydrogen-bond acceptors (Lipinski definition) is 3. The number of carbonyl (C=O) groups excluding carboxylic acids is 2. The Hall–Kier alpha value is -3.44. The summed E-state index contributed by atoms with van der Waals surface area (Å²) in [7, 11) is 0. The van der Waals surface area contributed by atoms with Gasteiger partial charge >= 0.3 is 6.18 Å². The molecule has 1 aromatic heterocycles. The highest BCUT2D eigenvalue weighted by molar-refractivity contribution is 6.31. The molecule has 2 heterocycles. The van der Waals surface area contributed by atoms with E-state index in [-0.39, 0.29) is 40.3 Å². The van der Waals surface area contributed by atoms with Gasteiger partial charge in [0.2, 0.25) is 5.91 Å². The van der Waals surface area contributed by atoms with E-state index in [0.29, 0.717) is 12.1 Å². The number of aliphatic hydroxyl groups is 1. The Morgan fingerprint density at radius 3 is 2.56 bits per heavy atom. The van der Waals surface area contributed by atoms with E-state index in [9.17, 15) is 36.6 Å². The molecule has 178 valence electrons. The number of rotatable bonds is 4. The molecule has 3 aromatic rings. The van der Waals surface area contributed by atoms with Gasteiger partial charge in [-0.05, 0) is 42.5 Å². The van der Waals surface area contributed by atoms with Crippen LogP contribution in [0.1, 0.15) is 38.9 Å². The monoisotopic (exact) mass is 499 g/mol. The van der Waals surface area contributed by atoms with Crippen LogP contribution in [0.3, 0.4) is 0 Å². The second-order valence-corrected chi connectivity index (χ2v) is 7.93. The van der Waals surface area contributed by atoms with Gasteiger partial charge in [0.1, 0.15) is 18.2 Å². The average molecular weight is 500 g/mol. The molecule has 3 N–H and O–H groups in total. The van der Waals surface area contributed by atoms with Crippen LogP contribution in [-0.2, 0) is 24.1 Å². The van der Waals surface area contributed by atoms with Gasteiger partial charge in [-0.3, -0.25) is 9.59 Å². The molecule has 0 saturated carbocycles. The summed E-state index contributed by atoms with van der Waals surface area (Å²) in [6, 6.07) is 5.13. The van der Waals surface area contributed by atoms with Crippen molar-refractivity contribution in [2.75, 3.05) is 5.32 Å². The molecule has 0 aliphatic carbocycles. The molecule has 34 heavy (non-hydrogen) atoms. The zero-order valence-corrected chi connectivity index (χ0v) is 17.8. The number of halogens is 6. The van der Waals surface area contributed by atoms with Crippen LogP contribution in [-0.4, -0.2) is 21.5 Å². The number of nitrogens with zero attached hydrogens (tertiary/aromatic N) is 1. The van der Waals surface area contributed by atoms with E-state index in [2.05, 4.69) is 10.6 Å². The summed E-state index contributed by atoms with van der Waals surface area (Å²) in [5.74, 6) is -3.46. The van der Waals surface area contributed by atoms with Crippen LogP contribution in [0.2, 0.25) is 5.02 Å². The van der Waals surface area contributed by atoms with Crippen molar-refractivity contribution in [1.29, 1.82) is 0 Å². The molecule has 0 spiro atoms. The van der Waals surface area contributed by atoms with Crippen LogP contribution in [0.4, 0.5) is 27.6 Å². The van der Waals surface area contributed by atoms with Crippen molar-refractivity contribution in [2.24, 2.45) is 0 Å². The Bertz CT molecular complexity index is 1310. The molecule has 1 atom stereocenters. The van der Waals surface area contributed by atoms with Crippen molar-refractivity contribution in [3.05, 3.63) is 87.2 Å². The van der Waals surface area contributed by atoms with Gasteiger partial charge in [0.15, 0.2) is 0 Å². The lowest BCUT2D eigenvalue weighted by Gasteiger charge is -2.29. The highest BCUT2D eigenvalue weighted by Crippen LogP contribution is 2.38. The molecule has 0 saturated heterocycles. The fourth-order valence-electron chi connectivity index (χ4n) is 3.81. The minimum Gasteiger partial charge on any atom is -0.390 e. The molecule has 0 bridgehead atoms. The van der Waals surface area contributed by atoms with Crippen LogP contribution >= 0.6 is 11.6 Å². The zero-order chi connectivity index (χ0) is 24.8. The van der Waals surface area contributed by atoms with E-state index >= 15 is 0 Å². The first kappa shape index (κ1) is 23.7. The van der Waals surface area contributed by atoms with Gasteiger partial charge in [-0.1, -0.05) is 11.6 Å². The fourth-order valence-corrected chi connectivity index (χ4v) is 4.03.